The van der Waals surface area contributed by atoms with Crippen molar-refractivity contribution in [3.8, 4) is 5.75 Å². The van der Waals surface area contributed by atoms with Crippen LogP contribution < -0.4 is 10.1 Å². The Hall–Kier alpha value is -2.11. The van der Waals surface area contributed by atoms with Gasteiger partial charge in [0.1, 0.15) is 5.75 Å². The van der Waals surface area contributed by atoms with E-state index in [0.717, 1.165) is 15.8 Å². The maximum absolute atomic E-state index is 12.2. The fraction of sp³-hybridized carbons (Fsp3) is 0.167. The molecule has 6 heteroatoms. The van der Waals surface area contributed by atoms with Crippen LogP contribution in [0.25, 0.3) is 10.9 Å². The fourth-order valence-corrected chi connectivity index (χ4v) is 3.38. The number of ether oxygens (including phenoxy) is 1. The van der Waals surface area contributed by atoms with Gasteiger partial charge in [-0.2, -0.15) is 0 Å². The molecule has 0 spiro atoms. The van der Waals surface area contributed by atoms with Crippen molar-refractivity contribution < 1.29 is 9.53 Å². The summed E-state index contributed by atoms with van der Waals surface area (Å²) in [6.45, 7) is 2.47. The number of hydrogen-bond acceptors (Lipinski definition) is 3. The van der Waals surface area contributed by atoms with Gasteiger partial charge in [-0.15, -0.1) is 11.8 Å². The molecule has 0 unspecified atom stereocenters. The molecule has 124 valence electrons. The van der Waals surface area contributed by atoms with Gasteiger partial charge in [-0.25, -0.2) is 0 Å². The van der Waals surface area contributed by atoms with E-state index in [0.29, 0.717) is 28.8 Å². The molecule has 0 fully saturated rings. The van der Waals surface area contributed by atoms with Gasteiger partial charge in [0.15, 0.2) is 0 Å². The van der Waals surface area contributed by atoms with E-state index < -0.39 is 0 Å². The number of benzene rings is 2. The molecule has 3 rings (SSSR count). The molecule has 1 aromatic heterocycles. The predicted octanol–water partition coefficient (Wildman–Crippen LogP) is 4.95. The minimum absolute atomic E-state index is 0.0736. The first kappa shape index (κ1) is 16.7. The number of thioether (sulfide) groups is 1. The summed E-state index contributed by atoms with van der Waals surface area (Å²) in [5.74, 6) is 0.923. The number of H-pyrrole nitrogens is 1. The largest absolute Gasteiger partial charge is 0.492 e. The van der Waals surface area contributed by atoms with E-state index in [4.69, 9.17) is 16.3 Å². The monoisotopic (exact) mass is 360 g/mol. The number of aromatic nitrogens is 1. The summed E-state index contributed by atoms with van der Waals surface area (Å²) in [7, 11) is 0. The van der Waals surface area contributed by atoms with Crippen molar-refractivity contribution in [3.63, 3.8) is 0 Å². The standard InChI is InChI=1S/C18H17ClN2O2S/c1-2-23-16-6-4-3-5-14(16)21-18(22)11-24-17-10-20-15-9-12(19)7-8-13(15)17/h3-10,20H,2,11H2,1H3,(H,21,22). The number of para-hydroxylation sites is 2. The molecule has 1 heterocycles. The van der Waals surface area contributed by atoms with E-state index in [1.807, 2.05) is 55.6 Å². The zero-order valence-electron chi connectivity index (χ0n) is 13.1. The average Bonchev–Trinajstić information content (AvgIpc) is 2.97. The molecule has 3 aromatic rings. The highest BCUT2D eigenvalue weighted by atomic mass is 35.5. The Balaban J connectivity index is 1.65. The topological polar surface area (TPSA) is 54.1 Å². The molecule has 0 saturated carbocycles. The van der Waals surface area contributed by atoms with E-state index in [9.17, 15) is 4.79 Å². The summed E-state index contributed by atoms with van der Waals surface area (Å²) < 4.78 is 5.52. The van der Waals surface area contributed by atoms with Gasteiger partial charge in [-0.1, -0.05) is 29.8 Å². The van der Waals surface area contributed by atoms with Crippen molar-refractivity contribution >= 4 is 45.9 Å². The zero-order valence-corrected chi connectivity index (χ0v) is 14.7. The summed E-state index contributed by atoms with van der Waals surface area (Å²) in [6, 6.07) is 13.1. The number of nitrogens with one attached hydrogen (secondary N) is 2. The first-order valence-corrected chi connectivity index (χ1v) is 8.95. The quantitative estimate of drug-likeness (QED) is 0.611. The molecule has 0 atom stereocenters. The lowest BCUT2D eigenvalue weighted by atomic mass is 10.2. The second kappa shape index (κ2) is 7.64. The first-order valence-electron chi connectivity index (χ1n) is 7.58. The molecule has 0 saturated heterocycles. The van der Waals surface area contributed by atoms with Crippen LogP contribution in [-0.4, -0.2) is 23.3 Å². The van der Waals surface area contributed by atoms with E-state index in [-0.39, 0.29) is 5.91 Å². The van der Waals surface area contributed by atoms with E-state index >= 15 is 0 Å². The SMILES string of the molecule is CCOc1ccccc1NC(=O)CSc1c[nH]c2cc(Cl)ccc12. The molecule has 24 heavy (non-hydrogen) atoms. The molecule has 0 radical (unpaired) electrons. The fourth-order valence-electron chi connectivity index (χ4n) is 2.37. The van der Waals surface area contributed by atoms with Crippen LogP contribution in [-0.2, 0) is 4.79 Å². The number of fused-ring (bicyclic) bond motifs is 1. The van der Waals surface area contributed by atoms with Gasteiger partial charge in [0, 0.05) is 27.0 Å². The predicted molar refractivity (Wildman–Crippen MR) is 100 cm³/mol. The smallest absolute Gasteiger partial charge is 0.234 e. The van der Waals surface area contributed by atoms with Crippen LogP contribution in [0.1, 0.15) is 6.92 Å². The van der Waals surface area contributed by atoms with Crippen LogP contribution in [0.5, 0.6) is 5.75 Å². The van der Waals surface area contributed by atoms with Crippen LogP contribution in [0.3, 0.4) is 0 Å². The van der Waals surface area contributed by atoms with Gasteiger partial charge in [0.2, 0.25) is 5.91 Å². The molecule has 1 amide bonds. The average molecular weight is 361 g/mol. The molecule has 0 aliphatic carbocycles. The van der Waals surface area contributed by atoms with Gasteiger partial charge in [0.05, 0.1) is 18.0 Å². The zero-order chi connectivity index (χ0) is 16.9. The number of carbonyl (C=O) groups excluding carboxylic acids is 1. The van der Waals surface area contributed by atoms with Gasteiger partial charge in [0.25, 0.3) is 0 Å². The molecule has 2 aromatic carbocycles. The number of amides is 1. The van der Waals surface area contributed by atoms with Crippen LogP contribution in [0.2, 0.25) is 5.02 Å². The number of halogens is 1. The number of carbonyl (C=O) groups is 1. The Morgan fingerprint density at radius 3 is 2.96 bits per heavy atom. The van der Waals surface area contributed by atoms with Crippen LogP contribution >= 0.6 is 23.4 Å². The minimum atomic E-state index is -0.0736. The second-order valence-corrected chi connectivity index (χ2v) is 6.56. The Bertz CT molecular complexity index is 863. The van der Waals surface area contributed by atoms with E-state index in [1.165, 1.54) is 11.8 Å². The highest BCUT2D eigenvalue weighted by Gasteiger charge is 2.10. The third kappa shape index (κ3) is 3.86. The molecule has 4 nitrogen and oxygen atoms in total. The van der Waals surface area contributed by atoms with Crippen molar-refractivity contribution in [2.75, 3.05) is 17.7 Å². The van der Waals surface area contributed by atoms with Gasteiger partial charge < -0.3 is 15.0 Å². The second-order valence-electron chi connectivity index (χ2n) is 5.11. The van der Waals surface area contributed by atoms with Crippen molar-refractivity contribution in [1.82, 2.24) is 4.98 Å². The lowest BCUT2D eigenvalue weighted by Crippen LogP contribution is -2.14. The maximum Gasteiger partial charge on any atom is 0.234 e. The van der Waals surface area contributed by atoms with Crippen molar-refractivity contribution in [2.45, 2.75) is 11.8 Å². The third-order valence-electron chi connectivity index (χ3n) is 3.43. The molecule has 2 N–H and O–H groups in total. The first-order chi connectivity index (χ1) is 11.7. The van der Waals surface area contributed by atoms with Crippen molar-refractivity contribution in [2.24, 2.45) is 0 Å². The normalized spacial score (nSPS) is 10.8. The number of anilines is 1. The van der Waals surface area contributed by atoms with Gasteiger partial charge in [-0.05, 0) is 31.2 Å². The maximum atomic E-state index is 12.2. The van der Waals surface area contributed by atoms with E-state index in [2.05, 4.69) is 10.3 Å². The Morgan fingerprint density at radius 1 is 1.29 bits per heavy atom. The molecule has 0 bridgehead atoms. The summed E-state index contributed by atoms with van der Waals surface area (Å²) in [5, 5.41) is 4.65. The molecular weight excluding hydrogens is 344 g/mol. The molecule has 0 aliphatic rings. The number of aromatic amines is 1. The Labute approximate surface area is 149 Å². The van der Waals surface area contributed by atoms with Crippen LogP contribution in [0.4, 0.5) is 5.69 Å². The minimum Gasteiger partial charge on any atom is -0.492 e. The highest BCUT2D eigenvalue weighted by molar-refractivity contribution is 8.00. The summed E-state index contributed by atoms with van der Waals surface area (Å²) in [4.78, 5) is 16.4. The summed E-state index contributed by atoms with van der Waals surface area (Å²) in [5.41, 5.74) is 1.66. The summed E-state index contributed by atoms with van der Waals surface area (Å²) >= 11 is 7.47. The van der Waals surface area contributed by atoms with Crippen LogP contribution in [0, 0.1) is 0 Å². The molecular formula is C18H17ClN2O2S. The van der Waals surface area contributed by atoms with Gasteiger partial charge in [-0.3, -0.25) is 4.79 Å². The van der Waals surface area contributed by atoms with Gasteiger partial charge >= 0.3 is 0 Å². The third-order valence-corrected chi connectivity index (χ3v) is 4.72. The molecule has 0 aliphatic heterocycles. The lowest BCUT2D eigenvalue weighted by Gasteiger charge is -2.10. The van der Waals surface area contributed by atoms with Crippen LogP contribution in [0.15, 0.2) is 53.6 Å². The summed E-state index contributed by atoms with van der Waals surface area (Å²) in [6.07, 6.45) is 1.90. The number of rotatable bonds is 6. The lowest BCUT2D eigenvalue weighted by molar-refractivity contribution is -0.113. The van der Waals surface area contributed by atoms with E-state index in [1.54, 1.807) is 0 Å². The Morgan fingerprint density at radius 2 is 2.12 bits per heavy atom. The van der Waals surface area contributed by atoms with Crippen molar-refractivity contribution in [1.29, 1.82) is 0 Å². The highest BCUT2D eigenvalue weighted by Crippen LogP contribution is 2.30. The Kier molecular flexibility index (Phi) is 5.33. The number of hydrogen-bond donors (Lipinski definition) is 2. The van der Waals surface area contributed by atoms with Crippen molar-refractivity contribution in [3.05, 3.63) is 53.7 Å².